The maximum atomic E-state index is 2.49. The standard InChI is InChI=1S/C40H30BN3/c1-27-9-17-31(18-10-27)43(32-19-11-28(2)12-20-32)35-23-15-29-14-22-34-36(24-16-30-13-21-33(35)39(29)40(30)34)44-38-8-4-3-7-37(38)42-26-6-5-25-41(42)44/h3-26H,1-2H3. The van der Waals surface area contributed by atoms with Gasteiger partial charge in [0, 0.05) is 27.8 Å². The van der Waals surface area contributed by atoms with Gasteiger partial charge in [-0.2, -0.15) is 0 Å². The predicted octanol–water partition coefficient (Wildman–Crippen LogP) is 10.7. The summed E-state index contributed by atoms with van der Waals surface area (Å²) in [6.45, 7) is 4.39. The van der Waals surface area contributed by atoms with Gasteiger partial charge in [0.05, 0.1) is 17.1 Å². The SMILES string of the molecule is Cc1ccc(N(c2ccc(C)cc2)c2ccc3ccc4c(N5B6C=CC=CN6c6ccccc65)ccc5ccc2c3c54)cc1. The smallest absolute Gasteiger partial charge is 0.367 e. The van der Waals surface area contributed by atoms with Crippen LogP contribution in [0.4, 0.5) is 34.1 Å². The van der Waals surface area contributed by atoms with Gasteiger partial charge in [0.15, 0.2) is 0 Å². The summed E-state index contributed by atoms with van der Waals surface area (Å²) >= 11 is 0. The molecule has 0 bridgehead atoms. The minimum absolute atomic E-state index is 0.102. The van der Waals surface area contributed by atoms with Gasteiger partial charge in [-0.25, -0.2) is 0 Å². The van der Waals surface area contributed by atoms with Crippen molar-refractivity contribution in [3.63, 3.8) is 0 Å². The topological polar surface area (TPSA) is 9.72 Å². The molecule has 0 unspecified atom stereocenters. The first kappa shape index (κ1) is 25.1. The minimum atomic E-state index is 0.102. The molecule has 4 heteroatoms. The second-order valence-electron chi connectivity index (χ2n) is 12.0. The Labute approximate surface area is 258 Å². The van der Waals surface area contributed by atoms with Gasteiger partial charge in [-0.1, -0.05) is 96.0 Å². The molecule has 0 saturated heterocycles. The quantitative estimate of drug-likeness (QED) is 0.156. The van der Waals surface area contributed by atoms with Crippen molar-refractivity contribution >= 4 is 73.4 Å². The van der Waals surface area contributed by atoms with Gasteiger partial charge in [-0.3, -0.25) is 0 Å². The molecule has 0 aromatic heterocycles. The maximum absolute atomic E-state index is 2.49. The number of anilines is 6. The van der Waals surface area contributed by atoms with E-state index in [0.717, 1.165) is 11.4 Å². The molecule has 9 rings (SSSR count). The number of hydrogen-bond donors (Lipinski definition) is 0. The van der Waals surface area contributed by atoms with Crippen LogP contribution in [-0.4, -0.2) is 6.98 Å². The Morgan fingerprint density at radius 1 is 0.523 bits per heavy atom. The van der Waals surface area contributed by atoms with Crippen LogP contribution < -0.4 is 14.5 Å². The molecule has 7 aromatic carbocycles. The highest BCUT2D eigenvalue weighted by molar-refractivity contribution is 6.77. The number of benzene rings is 7. The molecular formula is C40H30BN3. The largest absolute Gasteiger partial charge is 0.412 e. The number of aryl methyl sites for hydroxylation is 2. The lowest BCUT2D eigenvalue weighted by molar-refractivity contribution is 1.28. The zero-order chi connectivity index (χ0) is 29.4. The summed E-state index contributed by atoms with van der Waals surface area (Å²) in [6.07, 6.45) is 6.47. The van der Waals surface area contributed by atoms with Crippen molar-refractivity contribution in [2.45, 2.75) is 13.8 Å². The van der Waals surface area contributed by atoms with E-state index in [-0.39, 0.29) is 6.98 Å². The molecule has 3 nitrogen and oxygen atoms in total. The molecule has 0 saturated carbocycles. The summed E-state index contributed by atoms with van der Waals surface area (Å²) in [4.78, 5) is 7.26. The fourth-order valence-corrected chi connectivity index (χ4v) is 7.21. The highest BCUT2D eigenvalue weighted by atomic mass is 15.3. The average Bonchev–Trinajstić information content (AvgIpc) is 3.40. The third-order valence-electron chi connectivity index (χ3n) is 9.31. The summed E-state index contributed by atoms with van der Waals surface area (Å²) in [6, 6.07) is 44.9. The fourth-order valence-electron chi connectivity index (χ4n) is 7.21. The summed E-state index contributed by atoms with van der Waals surface area (Å²) in [5.41, 5.74) is 9.69. The van der Waals surface area contributed by atoms with Gasteiger partial charge in [0.2, 0.25) is 0 Å². The van der Waals surface area contributed by atoms with Crippen molar-refractivity contribution < 1.29 is 0 Å². The minimum Gasteiger partial charge on any atom is -0.367 e. The summed E-state index contributed by atoms with van der Waals surface area (Å²) < 4.78 is 0. The van der Waals surface area contributed by atoms with E-state index >= 15 is 0 Å². The normalized spacial score (nSPS) is 13.8. The number of nitrogens with zero attached hydrogens (tertiary/aromatic N) is 3. The van der Waals surface area contributed by atoms with E-state index in [1.165, 1.54) is 66.2 Å². The van der Waals surface area contributed by atoms with Crippen molar-refractivity contribution in [1.82, 2.24) is 0 Å². The van der Waals surface area contributed by atoms with Gasteiger partial charge in [0.1, 0.15) is 0 Å². The van der Waals surface area contributed by atoms with E-state index in [9.17, 15) is 0 Å². The van der Waals surface area contributed by atoms with Crippen molar-refractivity contribution in [2.24, 2.45) is 0 Å². The van der Waals surface area contributed by atoms with E-state index in [1.54, 1.807) is 0 Å². The van der Waals surface area contributed by atoms with E-state index in [2.05, 4.69) is 174 Å². The Morgan fingerprint density at radius 3 is 1.82 bits per heavy atom. The van der Waals surface area contributed by atoms with Crippen LogP contribution in [0.1, 0.15) is 11.1 Å². The first-order chi connectivity index (χ1) is 21.7. The fraction of sp³-hybridized carbons (Fsp3) is 0.0500. The van der Waals surface area contributed by atoms with Gasteiger partial charge < -0.3 is 14.5 Å². The van der Waals surface area contributed by atoms with Crippen molar-refractivity contribution in [3.8, 4) is 0 Å². The van der Waals surface area contributed by atoms with Crippen LogP contribution in [0.15, 0.2) is 146 Å². The van der Waals surface area contributed by atoms with Gasteiger partial charge in [0.25, 0.3) is 0 Å². The number of rotatable bonds is 4. The average molecular weight is 564 g/mol. The van der Waals surface area contributed by atoms with Crippen molar-refractivity contribution in [2.75, 3.05) is 14.5 Å². The highest BCUT2D eigenvalue weighted by Gasteiger charge is 2.40. The summed E-state index contributed by atoms with van der Waals surface area (Å²) in [5.74, 6) is 2.29. The van der Waals surface area contributed by atoms with Crippen LogP contribution in [0, 0.1) is 13.8 Å². The highest BCUT2D eigenvalue weighted by Crippen LogP contribution is 2.49. The van der Waals surface area contributed by atoms with Crippen LogP contribution in [0.2, 0.25) is 0 Å². The number of hydrogen-bond acceptors (Lipinski definition) is 3. The summed E-state index contributed by atoms with van der Waals surface area (Å²) in [5, 5.41) is 7.68. The van der Waals surface area contributed by atoms with Gasteiger partial charge >= 0.3 is 6.98 Å². The van der Waals surface area contributed by atoms with Crippen molar-refractivity contribution in [3.05, 3.63) is 157 Å². The monoisotopic (exact) mass is 563 g/mol. The Kier molecular flexibility index (Phi) is 5.42. The molecule has 44 heavy (non-hydrogen) atoms. The second kappa shape index (κ2) is 9.52. The second-order valence-corrected chi connectivity index (χ2v) is 12.0. The Hall–Kier alpha value is -5.48. The van der Waals surface area contributed by atoms with Crippen LogP contribution in [0.25, 0.3) is 32.3 Å². The van der Waals surface area contributed by atoms with Gasteiger partial charge in [-0.05, 0) is 96.2 Å². The van der Waals surface area contributed by atoms with E-state index in [0.29, 0.717) is 0 Å². The molecule has 0 atom stereocenters. The molecule has 0 N–H and O–H groups in total. The molecule has 0 radical (unpaired) electrons. The molecule has 0 aliphatic carbocycles. The molecule has 2 heterocycles. The molecule has 7 aromatic rings. The van der Waals surface area contributed by atoms with Crippen LogP contribution >= 0.6 is 0 Å². The summed E-state index contributed by atoms with van der Waals surface area (Å²) in [7, 11) is 0. The zero-order valence-electron chi connectivity index (χ0n) is 24.8. The molecule has 0 fully saturated rings. The molecule has 0 spiro atoms. The molecular weight excluding hydrogens is 533 g/mol. The number of allylic oxidation sites excluding steroid dienone is 2. The van der Waals surface area contributed by atoms with E-state index in [4.69, 9.17) is 0 Å². The lowest BCUT2D eigenvalue weighted by atomic mass is 9.71. The predicted molar refractivity (Wildman–Crippen MR) is 189 cm³/mol. The van der Waals surface area contributed by atoms with Crippen LogP contribution in [-0.2, 0) is 0 Å². The molecule has 0 amide bonds. The first-order valence-electron chi connectivity index (χ1n) is 15.3. The first-order valence-corrected chi connectivity index (χ1v) is 15.3. The van der Waals surface area contributed by atoms with Crippen LogP contribution in [0.3, 0.4) is 0 Å². The van der Waals surface area contributed by atoms with E-state index in [1.807, 2.05) is 0 Å². The van der Waals surface area contributed by atoms with E-state index < -0.39 is 0 Å². The zero-order valence-corrected chi connectivity index (χ0v) is 24.8. The Bertz CT molecular complexity index is 2220. The van der Waals surface area contributed by atoms with Crippen molar-refractivity contribution in [1.29, 1.82) is 0 Å². The van der Waals surface area contributed by atoms with Crippen LogP contribution in [0.5, 0.6) is 0 Å². The lowest BCUT2D eigenvalue weighted by Crippen LogP contribution is -2.42. The number of para-hydroxylation sites is 2. The number of fused-ring (bicyclic) bond motifs is 3. The third-order valence-corrected chi connectivity index (χ3v) is 9.31. The molecule has 2 aliphatic rings. The maximum Gasteiger partial charge on any atom is 0.412 e. The molecule has 208 valence electrons. The Morgan fingerprint density at radius 2 is 1.11 bits per heavy atom. The lowest BCUT2D eigenvalue weighted by Gasteiger charge is -2.29. The Balaban J connectivity index is 1.30. The van der Waals surface area contributed by atoms with Gasteiger partial charge in [-0.15, -0.1) is 0 Å². The molecule has 2 aliphatic heterocycles. The third kappa shape index (κ3) is 3.64.